The average molecular weight is 604 g/mol. The molecule has 0 fully saturated rings. The Morgan fingerprint density at radius 2 is 1.51 bits per heavy atom. The van der Waals surface area contributed by atoms with Gasteiger partial charge in [-0.2, -0.15) is 5.10 Å². The van der Waals surface area contributed by atoms with Crippen LogP contribution in [-0.2, 0) is 14.8 Å². The van der Waals surface area contributed by atoms with Crippen LogP contribution in [0.5, 0.6) is 5.75 Å². The highest BCUT2D eigenvalue weighted by atomic mass is 79.9. The third-order valence-electron chi connectivity index (χ3n) is 5.22. The van der Waals surface area contributed by atoms with Crippen LogP contribution in [0.3, 0.4) is 0 Å². The maximum absolute atomic E-state index is 12.5. The number of carbonyl (C=O) groups is 2. The van der Waals surface area contributed by atoms with E-state index in [1.807, 2.05) is 30.3 Å². The molecule has 0 saturated carbocycles. The van der Waals surface area contributed by atoms with Crippen molar-refractivity contribution >= 4 is 55.8 Å². The van der Waals surface area contributed by atoms with Gasteiger partial charge in [0.1, 0.15) is 5.75 Å². The summed E-state index contributed by atoms with van der Waals surface area (Å²) in [5.41, 5.74) is 4.29. The summed E-state index contributed by atoms with van der Waals surface area (Å²) in [7, 11) is -3.74. The van der Waals surface area contributed by atoms with Crippen LogP contribution in [0.1, 0.15) is 21.5 Å². The lowest BCUT2D eigenvalue weighted by Crippen LogP contribution is -2.18. The normalized spacial score (nSPS) is 11.4. The number of esters is 1. The van der Waals surface area contributed by atoms with Crippen molar-refractivity contribution in [3.05, 3.63) is 130 Å². The van der Waals surface area contributed by atoms with Crippen LogP contribution >= 0.6 is 15.9 Å². The molecule has 0 aliphatic heterocycles. The van der Waals surface area contributed by atoms with E-state index in [2.05, 4.69) is 31.2 Å². The van der Waals surface area contributed by atoms with Crippen molar-refractivity contribution in [2.45, 2.75) is 4.90 Å². The Kier molecular flexibility index (Phi) is 9.03. The van der Waals surface area contributed by atoms with Gasteiger partial charge < -0.3 is 4.74 Å². The standard InChI is InChI=1S/C29H22BrN3O5S/c30-24-14-17-27(38-28(34)18-11-21-7-3-1-4-8-21)23(19-24)20-31-32-29(35)22-12-15-25(16-13-22)33-39(36,37)26-9-5-2-6-10-26/h1-20,33H,(H,32,35). The van der Waals surface area contributed by atoms with Crippen molar-refractivity contribution in [3.8, 4) is 5.75 Å². The van der Waals surface area contributed by atoms with Crippen molar-refractivity contribution in [2.75, 3.05) is 4.72 Å². The number of sulfonamides is 1. The van der Waals surface area contributed by atoms with E-state index < -0.39 is 21.9 Å². The number of rotatable bonds is 9. The van der Waals surface area contributed by atoms with Gasteiger partial charge in [0.25, 0.3) is 15.9 Å². The Hall–Kier alpha value is -4.54. The number of anilines is 1. The molecule has 4 aromatic rings. The Balaban J connectivity index is 1.38. The highest BCUT2D eigenvalue weighted by Crippen LogP contribution is 2.22. The highest BCUT2D eigenvalue weighted by Gasteiger charge is 2.14. The molecule has 0 unspecified atom stereocenters. The lowest BCUT2D eigenvalue weighted by molar-refractivity contribution is -0.128. The van der Waals surface area contributed by atoms with Gasteiger partial charge in [0.2, 0.25) is 0 Å². The summed E-state index contributed by atoms with van der Waals surface area (Å²) in [4.78, 5) is 25.0. The van der Waals surface area contributed by atoms with Gasteiger partial charge >= 0.3 is 5.97 Å². The maximum atomic E-state index is 12.5. The van der Waals surface area contributed by atoms with Gasteiger partial charge in [0, 0.05) is 27.4 Å². The monoisotopic (exact) mass is 603 g/mol. The summed E-state index contributed by atoms with van der Waals surface area (Å²) >= 11 is 3.37. The number of nitrogens with one attached hydrogen (secondary N) is 2. The van der Waals surface area contributed by atoms with Crippen molar-refractivity contribution in [2.24, 2.45) is 5.10 Å². The van der Waals surface area contributed by atoms with Crippen LogP contribution < -0.4 is 14.9 Å². The van der Waals surface area contributed by atoms with E-state index in [0.717, 1.165) is 10.0 Å². The van der Waals surface area contributed by atoms with Crippen LogP contribution in [-0.4, -0.2) is 26.5 Å². The van der Waals surface area contributed by atoms with Crippen molar-refractivity contribution in [3.63, 3.8) is 0 Å². The summed E-state index contributed by atoms with van der Waals surface area (Å²) in [6.45, 7) is 0. The minimum absolute atomic E-state index is 0.131. The predicted octanol–water partition coefficient (Wildman–Crippen LogP) is 5.63. The van der Waals surface area contributed by atoms with E-state index >= 15 is 0 Å². The molecule has 0 saturated heterocycles. The van der Waals surface area contributed by atoms with Gasteiger partial charge in [-0.15, -0.1) is 0 Å². The molecule has 0 radical (unpaired) electrons. The first-order chi connectivity index (χ1) is 18.8. The van der Waals surface area contributed by atoms with E-state index in [9.17, 15) is 18.0 Å². The molecule has 0 aliphatic rings. The van der Waals surface area contributed by atoms with Crippen LogP contribution in [0.2, 0.25) is 0 Å². The SMILES string of the molecule is O=C(C=Cc1ccccc1)Oc1ccc(Br)cc1C=NNC(=O)c1ccc(NS(=O)(=O)c2ccccc2)cc1. The quantitative estimate of drug-likeness (QED) is 0.0845. The number of nitrogens with zero attached hydrogens (tertiary/aromatic N) is 1. The summed E-state index contributed by atoms with van der Waals surface area (Å²) < 4.78 is 33.6. The minimum atomic E-state index is -3.74. The molecule has 0 aliphatic carbocycles. The predicted molar refractivity (Wildman–Crippen MR) is 154 cm³/mol. The van der Waals surface area contributed by atoms with Crippen LogP contribution in [0.25, 0.3) is 6.08 Å². The van der Waals surface area contributed by atoms with Crippen molar-refractivity contribution in [1.82, 2.24) is 5.43 Å². The van der Waals surface area contributed by atoms with E-state index in [1.54, 1.807) is 42.5 Å². The van der Waals surface area contributed by atoms with E-state index in [-0.39, 0.29) is 16.2 Å². The lowest BCUT2D eigenvalue weighted by Gasteiger charge is -2.08. The lowest BCUT2D eigenvalue weighted by atomic mass is 10.2. The summed E-state index contributed by atoms with van der Waals surface area (Å²) in [6.07, 6.45) is 4.32. The number of hydrazone groups is 1. The zero-order chi connectivity index (χ0) is 27.7. The molecular weight excluding hydrogens is 582 g/mol. The molecule has 1 amide bonds. The van der Waals surface area contributed by atoms with Crippen LogP contribution in [0.4, 0.5) is 5.69 Å². The smallest absolute Gasteiger partial charge is 0.336 e. The molecule has 4 aromatic carbocycles. The van der Waals surface area contributed by atoms with Gasteiger partial charge in [0.15, 0.2) is 0 Å². The number of benzene rings is 4. The second-order valence-corrected chi connectivity index (χ2v) is 10.6. The fourth-order valence-corrected chi connectivity index (χ4v) is 4.77. The fourth-order valence-electron chi connectivity index (χ4n) is 3.31. The molecule has 8 nitrogen and oxygen atoms in total. The largest absolute Gasteiger partial charge is 0.423 e. The maximum Gasteiger partial charge on any atom is 0.336 e. The Bertz CT molecular complexity index is 1620. The number of carbonyl (C=O) groups excluding carboxylic acids is 2. The fraction of sp³-hybridized carbons (Fsp3) is 0. The second-order valence-electron chi connectivity index (χ2n) is 8.04. The first kappa shape index (κ1) is 27.5. The van der Waals surface area contributed by atoms with Gasteiger partial charge in [-0.1, -0.05) is 64.5 Å². The van der Waals surface area contributed by atoms with Gasteiger partial charge in [-0.05, 0) is 66.2 Å². The molecule has 0 aromatic heterocycles. The van der Waals surface area contributed by atoms with Gasteiger partial charge in [-0.3, -0.25) is 9.52 Å². The summed E-state index contributed by atoms with van der Waals surface area (Å²) in [5.74, 6) is -0.820. The molecular formula is C29H22BrN3O5S. The third-order valence-corrected chi connectivity index (χ3v) is 7.11. The topological polar surface area (TPSA) is 114 Å². The molecule has 39 heavy (non-hydrogen) atoms. The molecule has 0 bridgehead atoms. The van der Waals surface area contributed by atoms with Gasteiger partial charge in [-0.25, -0.2) is 18.6 Å². The molecule has 4 rings (SSSR count). The van der Waals surface area contributed by atoms with E-state index in [4.69, 9.17) is 4.74 Å². The first-order valence-electron chi connectivity index (χ1n) is 11.6. The zero-order valence-electron chi connectivity index (χ0n) is 20.3. The third kappa shape index (κ3) is 7.97. The number of hydrogen-bond acceptors (Lipinski definition) is 6. The minimum Gasteiger partial charge on any atom is -0.423 e. The Morgan fingerprint density at radius 3 is 2.21 bits per heavy atom. The molecule has 0 spiro atoms. The molecule has 0 heterocycles. The van der Waals surface area contributed by atoms with Crippen molar-refractivity contribution in [1.29, 1.82) is 0 Å². The Morgan fingerprint density at radius 1 is 0.846 bits per heavy atom. The molecule has 0 atom stereocenters. The highest BCUT2D eigenvalue weighted by molar-refractivity contribution is 9.10. The number of hydrogen-bond donors (Lipinski definition) is 2. The first-order valence-corrected chi connectivity index (χ1v) is 13.8. The second kappa shape index (κ2) is 12.8. The molecule has 196 valence electrons. The van der Waals surface area contributed by atoms with E-state index in [0.29, 0.717) is 11.3 Å². The number of amides is 1. The number of halogens is 1. The van der Waals surface area contributed by atoms with Gasteiger partial charge in [0.05, 0.1) is 11.1 Å². The number of ether oxygens (including phenoxy) is 1. The molecule has 2 N–H and O–H groups in total. The summed E-state index contributed by atoms with van der Waals surface area (Å²) in [6, 6.07) is 28.2. The van der Waals surface area contributed by atoms with Crippen molar-refractivity contribution < 1.29 is 22.7 Å². The molecule has 10 heteroatoms. The zero-order valence-corrected chi connectivity index (χ0v) is 22.7. The Labute approximate surface area is 234 Å². The average Bonchev–Trinajstić information content (AvgIpc) is 2.94. The van der Waals surface area contributed by atoms with Crippen LogP contribution in [0, 0.1) is 0 Å². The van der Waals surface area contributed by atoms with Crippen LogP contribution in [0.15, 0.2) is 124 Å². The van der Waals surface area contributed by atoms with E-state index in [1.165, 1.54) is 48.7 Å². The summed E-state index contributed by atoms with van der Waals surface area (Å²) in [5, 5.41) is 3.98.